The van der Waals surface area contributed by atoms with Crippen molar-refractivity contribution in [2.45, 2.75) is 13.0 Å². The standard InChI is InChI=1S/C20H21N3O3/c1-13(14-7-5-4-6-8-14)21-20-22-16(12-19(24)23-20)15-9-10-17(25-2)18(11-15)26-3/h4-13H,1-3H3,(H2,21,22,23,24). The maximum atomic E-state index is 12.1. The van der Waals surface area contributed by atoms with Gasteiger partial charge >= 0.3 is 0 Å². The topological polar surface area (TPSA) is 76.2 Å². The molecule has 2 aromatic carbocycles. The molecule has 1 atom stereocenters. The molecule has 0 spiro atoms. The Kier molecular flexibility index (Phi) is 5.22. The highest BCUT2D eigenvalue weighted by atomic mass is 16.5. The smallest absolute Gasteiger partial charge is 0.252 e. The maximum absolute atomic E-state index is 12.1. The first-order valence-electron chi connectivity index (χ1n) is 8.26. The molecular formula is C20H21N3O3. The Morgan fingerprint density at radius 3 is 2.42 bits per heavy atom. The maximum Gasteiger partial charge on any atom is 0.252 e. The van der Waals surface area contributed by atoms with Crippen LogP contribution in [0.1, 0.15) is 18.5 Å². The average molecular weight is 351 g/mol. The van der Waals surface area contributed by atoms with Crippen LogP contribution in [0, 0.1) is 0 Å². The molecule has 1 unspecified atom stereocenters. The number of nitrogens with zero attached hydrogens (tertiary/aromatic N) is 1. The van der Waals surface area contributed by atoms with Gasteiger partial charge in [0.2, 0.25) is 5.95 Å². The van der Waals surface area contributed by atoms with Crippen molar-refractivity contribution in [3.8, 4) is 22.8 Å². The Bertz CT molecular complexity index is 939. The van der Waals surface area contributed by atoms with Gasteiger partial charge in [-0.2, -0.15) is 0 Å². The Hall–Kier alpha value is -3.28. The summed E-state index contributed by atoms with van der Waals surface area (Å²) < 4.78 is 10.6. The molecule has 3 rings (SSSR count). The van der Waals surface area contributed by atoms with Gasteiger partial charge in [0.15, 0.2) is 11.5 Å². The fraction of sp³-hybridized carbons (Fsp3) is 0.200. The number of H-pyrrole nitrogens is 1. The van der Waals surface area contributed by atoms with Crippen LogP contribution in [0.3, 0.4) is 0 Å². The van der Waals surface area contributed by atoms with Gasteiger partial charge in [-0.1, -0.05) is 30.3 Å². The van der Waals surface area contributed by atoms with Gasteiger partial charge in [0, 0.05) is 11.6 Å². The lowest BCUT2D eigenvalue weighted by molar-refractivity contribution is 0.355. The number of nitrogens with one attached hydrogen (secondary N) is 2. The van der Waals surface area contributed by atoms with Crippen LogP contribution in [0.15, 0.2) is 59.4 Å². The zero-order valence-corrected chi connectivity index (χ0v) is 14.9. The van der Waals surface area contributed by atoms with Crippen molar-refractivity contribution < 1.29 is 9.47 Å². The van der Waals surface area contributed by atoms with Crippen LogP contribution >= 0.6 is 0 Å². The predicted molar refractivity (Wildman–Crippen MR) is 102 cm³/mol. The van der Waals surface area contributed by atoms with Gasteiger partial charge in [0.1, 0.15) is 0 Å². The normalized spacial score (nSPS) is 11.7. The third-order valence-electron chi connectivity index (χ3n) is 4.07. The van der Waals surface area contributed by atoms with E-state index in [4.69, 9.17) is 9.47 Å². The van der Waals surface area contributed by atoms with Gasteiger partial charge in [-0.05, 0) is 30.7 Å². The van der Waals surface area contributed by atoms with E-state index >= 15 is 0 Å². The Morgan fingerprint density at radius 2 is 1.73 bits per heavy atom. The molecule has 0 saturated carbocycles. The van der Waals surface area contributed by atoms with Crippen molar-refractivity contribution >= 4 is 5.95 Å². The quantitative estimate of drug-likeness (QED) is 0.709. The Morgan fingerprint density at radius 1 is 1.00 bits per heavy atom. The van der Waals surface area contributed by atoms with Crippen LogP contribution in [0.5, 0.6) is 11.5 Å². The summed E-state index contributed by atoms with van der Waals surface area (Å²) in [5, 5.41) is 3.24. The Labute approximate surface area is 151 Å². The molecule has 0 aliphatic rings. The molecule has 2 N–H and O–H groups in total. The lowest BCUT2D eigenvalue weighted by Crippen LogP contribution is -2.15. The monoisotopic (exact) mass is 351 g/mol. The summed E-state index contributed by atoms with van der Waals surface area (Å²) in [5.41, 5.74) is 2.20. The SMILES string of the molecule is COc1ccc(-c2cc(=O)[nH]c(NC(C)c3ccccc3)n2)cc1OC. The fourth-order valence-electron chi connectivity index (χ4n) is 2.70. The average Bonchev–Trinajstić information content (AvgIpc) is 2.67. The highest BCUT2D eigenvalue weighted by Crippen LogP contribution is 2.31. The fourth-order valence-corrected chi connectivity index (χ4v) is 2.70. The molecule has 0 radical (unpaired) electrons. The van der Waals surface area contributed by atoms with E-state index in [1.165, 1.54) is 6.07 Å². The van der Waals surface area contributed by atoms with Crippen LogP contribution in [0.4, 0.5) is 5.95 Å². The molecule has 0 amide bonds. The molecule has 0 fully saturated rings. The van der Waals surface area contributed by atoms with Gasteiger partial charge < -0.3 is 14.8 Å². The van der Waals surface area contributed by atoms with E-state index in [9.17, 15) is 4.79 Å². The number of methoxy groups -OCH3 is 2. The highest BCUT2D eigenvalue weighted by Gasteiger charge is 2.11. The minimum Gasteiger partial charge on any atom is -0.493 e. The van der Waals surface area contributed by atoms with Crippen LogP contribution < -0.4 is 20.3 Å². The van der Waals surface area contributed by atoms with Gasteiger partial charge in [-0.3, -0.25) is 9.78 Å². The number of hydrogen-bond acceptors (Lipinski definition) is 5. The molecular weight excluding hydrogens is 330 g/mol. The van der Waals surface area contributed by atoms with E-state index in [0.717, 1.165) is 11.1 Å². The first-order chi connectivity index (χ1) is 12.6. The van der Waals surface area contributed by atoms with Gasteiger partial charge in [0.05, 0.1) is 26.0 Å². The molecule has 0 bridgehead atoms. The van der Waals surface area contributed by atoms with Crippen molar-refractivity contribution in [2.24, 2.45) is 0 Å². The summed E-state index contributed by atoms with van der Waals surface area (Å²) in [6.07, 6.45) is 0. The molecule has 6 nitrogen and oxygen atoms in total. The minimum absolute atomic E-state index is 0.00000324. The number of aromatic amines is 1. The van der Waals surface area contributed by atoms with E-state index in [2.05, 4.69) is 15.3 Å². The summed E-state index contributed by atoms with van der Waals surface area (Å²) in [5.74, 6) is 1.62. The number of ether oxygens (including phenoxy) is 2. The molecule has 1 aromatic heterocycles. The minimum atomic E-state index is -0.229. The van der Waals surface area contributed by atoms with E-state index in [1.54, 1.807) is 26.4 Å². The van der Waals surface area contributed by atoms with Gasteiger partial charge in [-0.15, -0.1) is 0 Å². The molecule has 134 valence electrons. The highest BCUT2D eigenvalue weighted by molar-refractivity contribution is 5.64. The summed E-state index contributed by atoms with van der Waals surface area (Å²) in [4.78, 5) is 19.4. The van der Waals surface area contributed by atoms with E-state index in [0.29, 0.717) is 23.1 Å². The molecule has 6 heteroatoms. The van der Waals surface area contributed by atoms with Gasteiger partial charge in [0.25, 0.3) is 5.56 Å². The first kappa shape index (κ1) is 17.5. The van der Waals surface area contributed by atoms with Crippen LogP contribution in [0.2, 0.25) is 0 Å². The number of benzene rings is 2. The number of anilines is 1. The van der Waals surface area contributed by atoms with E-state index in [-0.39, 0.29) is 11.6 Å². The van der Waals surface area contributed by atoms with Crippen molar-refractivity contribution in [1.82, 2.24) is 9.97 Å². The summed E-state index contributed by atoms with van der Waals surface area (Å²) in [6, 6.07) is 16.8. The van der Waals surface area contributed by atoms with Crippen LogP contribution in [-0.2, 0) is 0 Å². The molecule has 1 heterocycles. The largest absolute Gasteiger partial charge is 0.493 e. The van der Waals surface area contributed by atoms with Crippen molar-refractivity contribution in [3.05, 3.63) is 70.5 Å². The lowest BCUT2D eigenvalue weighted by atomic mass is 10.1. The third kappa shape index (κ3) is 3.85. The van der Waals surface area contributed by atoms with E-state index < -0.39 is 0 Å². The summed E-state index contributed by atoms with van der Waals surface area (Å²) >= 11 is 0. The number of aromatic nitrogens is 2. The Balaban J connectivity index is 1.92. The zero-order chi connectivity index (χ0) is 18.5. The summed E-state index contributed by atoms with van der Waals surface area (Å²) in [6.45, 7) is 2.01. The second-order valence-electron chi connectivity index (χ2n) is 5.83. The predicted octanol–water partition coefficient (Wildman–Crippen LogP) is 3.63. The van der Waals surface area contributed by atoms with Crippen molar-refractivity contribution in [1.29, 1.82) is 0 Å². The molecule has 0 saturated heterocycles. The number of hydrogen-bond donors (Lipinski definition) is 2. The third-order valence-corrected chi connectivity index (χ3v) is 4.07. The van der Waals surface area contributed by atoms with Crippen molar-refractivity contribution in [3.63, 3.8) is 0 Å². The van der Waals surface area contributed by atoms with E-state index in [1.807, 2.05) is 43.3 Å². The second kappa shape index (κ2) is 7.74. The zero-order valence-electron chi connectivity index (χ0n) is 14.9. The second-order valence-corrected chi connectivity index (χ2v) is 5.83. The molecule has 3 aromatic rings. The van der Waals surface area contributed by atoms with Gasteiger partial charge in [-0.25, -0.2) is 4.98 Å². The molecule has 26 heavy (non-hydrogen) atoms. The number of rotatable bonds is 6. The first-order valence-corrected chi connectivity index (χ1v) is 8.26. The summed E-state index contributed by atoms with van der Waals surface area (Å²) in [7, 11) is 3.15. The lowest BCUT2D eigenvalue weighted by Gasteiger charge is -2.15. The van der Waals surface area contributed by atoms with Crippen molar-refractivity contribution in [2.75, 3.05) is 19.5 Å². The van der Waals surface area contributed by atoms with Crippen LogP contribution in [-0.4, -0.2) is 24.2 Å². The molecule has 0 aliphatic carbocycles. The molecule has 0 aliphatic heterocycles. The van der Waals surface area contributed by atoms with Crippen LogP contribution in [0.25, 0.3) is 11.3 Å².